The number of rotatable bonds is 5. The van der Waals surface area contributed by atoms with Crippen LogP contribution in [0.2, 0.25) is 0 Å². The minimum atomic E-state index is -0.405. The summed E-state index contributed by atoms with van der Waals surface area (Å²) in [5, 5.41) is 15.1. The summed E-state index contributed by atoms with van der Waals surface area (Å²) in [7, 11) is 0. The van der Waals surface area contributed by atoms with Crippen LogP contribution in [0.25, 0.3) is 0 Å². The number of non-ortho nitro benzene ring substituents is 1. The Labute approximate surface area is 141 Å². The van der Waals surface area contributed by atoms with Crippen LogP contribution in [0.3, 0.4) is 0 Å². The maximum absolute atomic E-state index is 10.6. The van der Waals surface area contributed by atoms with Crippen molar-refractivity contribution in [1.29, 1.82) is 0 Å². The van der Waals surface area contributed by atoms with E-state index in [1.807, 2.05) is 6.07 Å². The molecule has 0 aliphatic carbocycles. The second-order valence-electron chi connectivity index (χ2n) is 5.86. The molecular weight excluding hydrogens is 304 g/mol. The first-order valence-corrected chi connectivity index (χ1v) is 8.03. The summed E-state index contributed by atoms with van der Waals surface area (Å²) >= 11 is 0. The monoisotopic (exact) mass is 324 g/mol. The fourth-order valence-corrected chi connectivity index (χ4v) is 2.72. The highest BCUT2D eigenvalue weighted by atomic mass is 16.6. The van der Waals surface area contributed by atoms with Crippen molar-refractivity contribution in [2.24, 2.45) is 5.10 Å². The molecule has 0 atom stereocenters. The molecule has 0 radical (unpaired) electrons. The largest absolute Gasteiger partial charge is 0.298 e. The van der Waals surface area contributed by atoms with Crippen LogP contribution < -0.4 is 5.43 Å². The number of benzene rings is 2. The number of hydrogen-bond acceptors (Lipinski definition) is 5. The zero-order chi connectivity index (χ0) is 16.8. The summed E-state index contributed by atoms with van der Waals surface area (Å²) in [6.07, 6.45) is 1.87. The van der Waals surface area contributed by atoms with Gasteiger partial charge in [-0.15, -0.1) is 0 Å². The third-order valence-electron chi connectivity index (χ3n) is 4.10. The minimum Gasteiger partial charge on any atom is -0.298 e. The Bertz CT molecular complexity index is 704. The molecule has 0 amide bonds. The quantitative estimate of drug-likeness (QED) is 0.673. The highest BCUT2D eigenvalue weighted by Crippen LogP contribution is 2.16. The SMILES string of the molecule is O=[N+]([O-])c1ccc(NN=C2CCN(Cc3ccccc3)CC2)cc1. The van der Waals surface area contributed by atoms with Crippen LogP contribution in [0.15, 0.2) is 59.7 Å². The molecule has 3 rings (SSSR count). The summed E-state index contributed by atoms with van der Waals surface area (Å²) in [6.45, 7) is 2.97. The Balaban J connectivity index is 1.49. The number of nitrogens with one attached hydrogen (secondary N) is 1. The summed E-state index contributed by atoms with van der Waals surface area (Å²) in [4.78, 5) is 12.7. The maximum Gasteiger partial charge on any atom is 0.269 e. The average Bonchev–Trinajstić information content (AvgIpc) is 2.62. The molecule has 2 aromatic rings. The van der Waals surface area contributed by atoms with E-state index >= 15 is 0 Å². The molecule has 1 saturated heterocycles. The summed E-state index contributed by atoms with van der Waals surface area (Å²) in [5.74, 6) is 0. The Kier molecular flexibility index (Phi) is 5.18. The van der Waals surface area contributed by atoms with Crippen LogP contribution in [0.4, 0.5) is 11.4 Å². The van der Waals surface area contributed by atoms with Crippen LogP contribution in [0.5, 0.6) is 0 Å². The molecule has 124 valence electrons. The number of hydrazone groups is 1. The summed E-state index contributed by atoms with van der Waals surface area (Å²) in [5.41, 5.74) is 6.31. The standard InChI is InChI=1S/C18H20N4O2/c23-22(24)18-8-6-16(7-9-18)19-20-17-10-12-21(13-11-17)14-15-4-2-1-3-5-15/h1-9,19H,10-14H2. The van der Waals surface area contributed by atoms with Gasteiger partial charge in [-0.1, -0.05) is 30.3 Å². The number of likely N-dealkylation sites (tertiary alicyclic amines) is 1. The Hall–Kier alpha value is -2.73. The van der Waals surface area contributed by atoms with Crippen molar-refractivity contribution in [2.45, 2.75) is 19.4 Å². The number of nitrogens with zero attached hydrogens (tertiary/aromatic N) is 3. The second-order valence-corrected chi connectivity index (χ2v) is 5.86. The topological polar surface area (TPSA) is 70.8 Å². The molecule has 0 unspecified atom stereocenters. The van der Waals surface area contributed by atoms with Gasteiger partial charge in [-0.2, -0.15) is 5.10 Å². The van der Waals surface area contributed by atoms with Gasteiger partial charge >= 0.3 is 0 Å². The van der Waals surface area contributed by atoms with Gasteiger partial charge in [-0.25, -0.2) is 0 Å². The van der Waals surface area contributed by atoms with Crippen molar-refractivity contribution in [3.05, 3.63) is 70.3 Å². The number of nitro benzene ring substituents is 1. The van der Waals surface area contributed by atoms with Gasteiger partial charge in [0, 0.05) is 50.3 Å². The van der Waals surface area contributed by atoms with E-state index in [4.69, 9.17) is 0 Å². The molecule has 0 saturated carbocycles. The lowest BCUT2D eigenvalue weighted by Gasteiger charge is -2.27. The molecule has 1 N–H and O–H groups in total. The van der Waals surface area contributed by atoms with Gasteiger partial charge in [0.25, 0.3) is 5.69 Å². The summed E-state index contributed by atoms with van der Waals surface area (Å²) < 4.78 is 0. The van der Waals surface area contributed by atoms with E-state index in [-0.39, 0.29) is 5.69 Å². The van der Waals surface area contributed by atoms with Crippen LogP contribution in [0.1, 0.15) is 18.4 Å². The highest BCUT2D eigenvalue weighted by Gasteiger charge is 2.15. The van der Waals surface area contributed by atoms with Crippen molar-refractivity contribution < 1.29 is 4.92 Å². The van der Waals surface area contributed by atoms with Gasteiger partial charge in [-0.3, -0.25) is 20.4 Å². The maximum atomic E-state index is 10.6. The van der Waals surface area contributed by atoms with E-state index < -0.39 is 4.92 Å². The Morgan fingerprint density at radius 1 is 1.04 bits per heavy atom. The molecule has 1 heterocycles. The van der Waals surface area contributed by atoms with Crippen molar-refractivity contribution in [3.8, 4) is 0 Å². The second kappa shape index (κ2) is 7.70. The van der Waals surface area contributed by atoms with Crippen molar-refractivity contribution in [1.82, 2.24) is 4.90 Å². The molecular formula is C18H20N4O2. The lowest BCUT2D eigenvalue weighted by molar-refractivity contribution is -0.384. The number of hydrogen-bond donors (Lipinski definition) is 1. The van der Waals surface area contributed by atoms with Gasteiger partial charge in [-0.05, 0) is 17.7 Å². The molecule has 1 fully saturated rings. The van der Waals surface area contributed by atoms with Crippen LogP contribution in [-0.2, 0) is 6.54 Å². The van der Waals surface area contributed by atoms with Gasteiger partial charge in [0.15, 0.2) is 0 Å². The third kappa shape index (κ3) is 4.39. The predicted octanol–water partition coefficient (Wildman–Crippen LogP) is 3.66. The first-order chi connectivity index (χ1) is 11.7. The van der Waals surface area contributed by atoms with E-state index in [1.54, 1.807) is 12.1 Å². The highest BCUT2D eigenvalue weighted by molar-refractivity contribution is 5.86. The molecule has 24 heavy (non-hydrogen) atoms. The van der Waals surface area contributed by atoms with E-state index in [9.17, 15) is 10.1 Å². The smallest absolute Gasteiger partial charge is 0.269 e. The average molecular weight is 324 g/mol. The van der Waals surface area contributed by atoms with Gasteiger partial charge in [0.1, 0.15) is 0 Å². The zero-order valence-electron chi connectivity index (χ0n) is 13.4. The van der Waals surface area contributed by atoms with Crippen LogP contribution >= 0.6 is 0 Å². The number of nitro groups is 1. The Morgan fingerprint density at radius 2 is 1.71 bits per heavy atom. The van der Waals surface area contributed by atoms with Crippen LogP contribution in [0, 0.1) is 10.1 Å². The van der Waals surface area contributed by atoms with Gasteiger partial charge in [0.05, 0.1) is 10.6 Å². The van der Waals surface area contributed by atoms with Gasteiger partial charge in [0.2, 0.25) is 0 Å². The van der Waals surface area contributed by atoms with Gasteiger partial charge < -0.3 is 0 Å². The summed E-state index contributed by atoms with van der Waals surface area (Å²) in [6, 6.07) is 16.8. The molecule has 1 aliphatic rings. The fourth-order valence-electron chi connectivity index (χ4n) is 2.72. The lowest BCUT2D eigenvalue weighted by atomic mass is 10.1. The van der Waals surface area contributed by atoms with Crippen molar-refractivity contribution in [2.75, 3.05) is 18.5 Å². The predicted molar refractivity (Wildman–Crippen MR) is 95.1 cm³/mol. The molecule has 2 aromatic carbocycles. The van der Waals surface area contributed by atoms with E-state index in [1.165, 1.54) is 17.7 Å². The normalized spacial score (nSPS) is 15.1. The minimum absolute atomic E-state index is 0.0856. The third-order valence-corrected chi connectivity index (χ3v) is 4.10. The Morgan fingerprint density at radius 3 is 2.33 bits per heavy atom. The zero-order valence-corrected chi connectivity index (χ0v) is 13.4. The van der Waals surface area contributed by atoms with Crippen molar-refractivity contribution in [3.63, 3.8) is 0 Å². The van der Waals surface area contributed by atoms with E-state index in [2.05, 4.69) is 39.7 Å². The molecule has 0 spiro atoms. The van der Waals surface area contributed by atoms with E-state index in [0.717, 1.165) is 43.9 Å². The fraction of sp³-hybridized carbons (Fsp3) is 0.278. The number of piperidine rings is 1. The van der Waals surface area contributed by atoms with Crippen molar-refractivity contribution >= 4 is 17.1 Å². The number of anilines is 1. The van der Waals surface area contributed by atoms with E-state index in [0.29, 0.717) is 0 Å². The molecule has 1 aliphatic heterocycles. The molecule has 0 aromatic heterocycles. The lowest BCUT2D eigenvalue weighted by Crippen LogP contribution is -2.33. The molecule has 0 bridgehead atoms. The van der Waals surface area contributed by atoms with Crippen LogP contribution in [-0.4, -0.2) is 28.6 Å². The first kappa shape index (κ1) is 16.1. The first-order valence-electron chi connectivity index (χ1n) is 8.03. The molecule has 6 heteroatoms. The molecule has 6 nitrogen and oxygen atoms in total.